The number of rotatable bonds is 1. The van der Waals surface area contributed by atoms with E-state index in [1.165, 1.54) is 27.5 Å². The second-order valence-corrected chi connectivity index (χ2v) is 4.69. The van der Waals surface area contributed by atoms with Crippen molar-refractivity contribution in [2.45, 2.75) is 6.92 Å². The molecule has 0 aliphatic rings. The van der Waals surface area contributed by atoms with Gasteiger partial charge >= 0.3 is 0 Å². The van der Waals surface area contributed by atoms with E-state index in [-0.39, 0.29) is 0 Å². The van der Waals surface area contributed by atoms with E-state index in [0.717, 1.165) is 5.69 Å². The van der Waals surface area contributed by atoms with Crippen molar-refractivity contribution in [3.05, 3.63) is 66.2 Å². The molecule has 18 heavy (non-hydrogen) atoms. The van der Waals surface area contributed by atoms with E-state index in [9.17, 15) is 0 Å². The van der Waals surface area contributed by atoms with Gasteiger partial charge in [0, 0.05) is 5.69 Å². The molecule has 0 unspecified atom stereocenters. The van der Waals surface area contributed by atoms with Gasteiger partial charge in [-0.3, -0.25) is 0 Å². The number of hydrogen-bond acceptors (Lipinski definition) is 1. The fourth-order valence-corrected chi connectivity index (χ4v) is 2.35. The van der Waals surface area contributed by atoms with Gasteiger partial charge in [0.2, 0.25) is 0 Å². The van der Waals surface area contributed by atoms with Crippen LogP contribution in [0.15, 0.2) is 60.7 Å². The van der Waals surface area contributed by atoms with Crippen LogP contribution in [0, 0.1) is 6.92 Å². The van der Waals surface area contributed by atoms with Crippen LogP contribution in [-0.2, 0) is 0 Å². The highest BCUT2D eigenvalue weighted by molar-refractivity contribution is 5.87. The van der Waals surface area contributed by atoms with E-state index in [2.05, 4.69) is 55.5 Å². The Bertz CT molecular complexity index is 693. The van der Waals surface area contributed by atoms with Crippen LogP contribution in [-0.4, -0.2) is 0 Å². The third-order valence-corrected chi connectivity index (χ3v) is 3.18. The first-order valence-electron chi connectivity index (χ1n) is 6.09. The maximum Gasteiger partial charge on any atom is 0.0322 e. The molecular weight excluding hydrogens is 218 g/mol. The lowest BCUT2D eigenvalue weighted by Gasteiger charge is -2.06. The monoisotopic (exact) mass is 233 g/mol. The summed E-state index contributed by atoms with van der Waals surface area (Å²) in [5.41, 5.74) is 10.3. The molecule has 0 saturated carbocycles. The average molecular weight is 233 g/mol. The van der Waals surface area contributed by atoms with Crippen molar-refractivity contribution in [1.82, 2.24) is 0 Å². The SMILES string of the molecule is Cc1cc(N)cc(-c2ccc3ccccc3c2)c1. The van der Waals surface area contributed by atoms with Gasteiger partial charge < -0.3 is 5.73 Å². The van der Waals surface area contributed by atoms with E-state index < -0.39 is 0 Å². The van der Waals surface area contributed by atoms with Crippen molar-refractivity contribution >= 4 is 16.5 Å². The van der Waals surface area contributed by atoms with Crippen LogP contribution in [0.3, 0.4) is 0 Å². The topological polar surface area (TPSA) is 26.0 Å². The van der Waals surface area contributed by atoms with Gasteiger partial charge in [-0.05, 0) is 52.6 Å². The molecule has 0 aliphatic heterocycles. The van der Waals surface area contributed by atoms with Crippen LogP contribution in [0.4, 0.5) is 5.69 Å². The Morgan fingerprint density at radius 3 is 2.28 bits per heavy atom. The van der Waals surface area contributed by atoms with Crippen LogP contribution in [0.1, 0.15) is 5.56 Å². The standard InChI is InChI=1S/C17H15N/c1-12-8-16(11-17(18)9-12)15-7-6-13-4-2-3-5-14(13)10-15/h2-11H,18H2,1H3. The van der Waals surface area contributed by atoms with E-state index in [0.29, 0.717) is 0 Å². The Kier molecular flexibility index (Phi) is 2.52. The average Bonchev–Trinajstić information content (AvgIpc) is 2.37. The minimum Gasteiger partial charge on any atom is -0.399 e. The Balaban J connectivity index is 2.19. The largest absolute Gasteiger partial charge is 0.399 e. The highest BCUT2D eigenvalue weighted by atomic mass is 14.5. The minimum atomic E-state index is 0.818. The van der Waals surface area contributed by atoms with Crippen molar-refractivity contribution in [2.24, 2.45) is 0 Å². The zero-order valence-corrected chi connectivity index (χ0v) is 10.4. The van der Waals surface area contributed by atoms with Crippen LogP contribution in [0.2, 0.25) is 0 Å². The molecule has 0 saturated heterocycles. The molecule has 3 rings (SSSR count). The van der Waals surface area contributed by atoms with Crippen LogP contribution >= 0.6 is 0 Å². The number of anilines is 1. The van der Waals surface area contributed by atoms with Gasteiger partial charge in [0.05, 0.1) is 0 Å². The van der Waals surface area contributed by atoms with Gasteiger partial charge in [0.25, 0.3) is 0 Å². The Morgan fingerprint density at radius 1 is 0.722 bits per heavy atom. The van der Waals surface area contributed by atoms with E-state index in [1.807, 2.05) is 12.1 Å². The molecule has 3 aromatic rings. The fourth-order valence-electron chi connectivity index (χ4n) is 2.35. The summed E-state index contributed by atoms with van der Waals surface area (Å²) < 4.78 is 0. The zero-order valence-electron chi connectivity index (χ0n) is 10.4. The molecular formula is C17H15N. The molecule has 1 nitrogen and oxygen atoms in total. The normalized spacial score (nSPS) is 10.7. The molecule has 0 bridgehead atoms. The Morgan fingerprint density at radius 2 is 1.50 bits per heavy atom. The molecule has 0 spiro atoms. The number of aryl methyl sites for hydroxylation is 1. The summed E-state index contributed by atoms with van der Waals surface area (Å²) in [5, 5.41) is 2.52. The lowest BCUT2D eigenvalue weighted by atomic mass is 9.99. The van der Waals surface area contributed by atoms with Crippen molar-refractivity contribution in [3.8, 4) is 11.1 Å². The first-order valence-corrected chi connectivity index (χ1v) is 6.09. The summed E-state index contributed by atoms with van der Waals surface area (Å²) in [7, 11) is 0. The summed E-state index contributed by atoms with van der Waals surface area (Å²) in [6.07, 6.45) is 0. The van der Waals surface area contributed by atoms with Gasteiger partial charge in [0.15, 0.2) is 0 Å². The van der Waals surface area contributed by atoms with Gasteiger partial charge in [-0.25, -0.2) is 0 Å². The molecule has 0 atom stereocenters. The number of nitrogen functional groups attached to an aromatic ring is 1. The van der Waals surface area contributed by atoms with E-state index in [4.69, 9.17) is 5.73 Å². The molecule has 0 aliphatic carbocycles. The van der Waals surface area contributed by atoms with Gasteiger partial charge in [-0.2, -0.15) is 0 Å². The highest BCUT2D eigenvalue weighted by Crippen LogP contribution is 2.26. The van der Waals surface area contributed by atoms with Gasteiger partial charge in [0.1, 0.15) is 0 Å². The number of nitrogens with two attached hydrogens (primary N) is 1. The highest BCUT2D eigenvalue weighted by Gasteiger charge is 2.01. The van der Waals surface area contributed by atoms with E-state index >= 15 is 0 Å². The number of benzene rings is 3. The van der Waals surface area contributed by atoms with E-state index in [1.54, 1.807) is 0 Å². The van der Waals surface area contributed by atoms with Crippen LogP contribution in [0.5, 0.6) is 0 Å². The molecule has 2 N–H and O–H groups in total. The summed E-state index contributed by atoms with van der Waals surface area (Å²) in [6.45, 7) is 2.07. The molecule has 0 aromatic heterocycles. The Labute approximate surface area is 107 Å². The van der Waals surface area contributed by atoms with Crippen molar-refractivity contribution < 1.29 is 0 Å². The van der Waals surface area contributed by atoms with Crippen molar-refractivity contribution in [3.63, 3.8) is 0 Å². The summed E-state index contributed by atoms with van der Waals surface area (Å²) in [4.78, 5) is 0. The lowest BCUT2D eigenvalue weighted by molar-refractivity contribution is 1.47. The third kappa shape index (κ3) is 1.95. The molecule has 0 fully saturated rings. The predicted octanol–water partition coefficient (Wildman–Crippen LogP) is 4.40. The summed E-state index contributed by atoms with van der Waals surface area (Å²) in [5.74, 6) is 0. The first kappa shape index (κ1) is 10.8. The smallest absolute Gasteiger partial charge is 0.0322 e. The van der Waals surface area contributed by atoms with Gasteiger partial charge in [-0.1, -0.05) is 42.5 Å². The molecule has 88 valence electrons. The van der Waals surface area contributed by atoms with Gasteiger partial charge in [-0.15, -0.1) is 0 Å². The molecule has 0 heterocycles. The maximum absolute atomic E-state index is 5.91. The first-order chi connectivity index (χ1) is 8.72. The quantitative estimate of drug-likeness (QED) is 0.619. The number of hydrogen-bond donors (Lipinski definition) is 1. The maximum atomic E-state index is 5.91. The Hall–Kier alpha value is -2.28. The van der Waals surface area contributed by atoms with Crippen molar-refractivity contribution in [1.29, 1.82) is 0 Å². The fraction of sp³-hybridized carbons (Fsp3) is 0.0588. The van der Waals surface area contributed by atoms with Crippen LogP contribution in [0.25, 0.3) is 21.9 Å². The summed E-state index contributed by atoms with van der Waals surface area (Å²) >= 11 is 0. The van der Waals surface area contributed by atoms with Crippen molar-refractivity contribution in [2.75, 3.05) is 5.73 Å². The predicted molar refractivity (Wildman–Crippen MR) is 78.5 cm³/mol. The summed E-state index contributed by atoms with van der Waals surface area (Å²) in [6, 6.07) is 21.1. The second-order valence-electron chi connectivity index (χ2n) is 4.69. The third-order valence-electron chi connectivity index (χ3n) is 3.18. The lowest BCUT2D eigenvalue weighted by Crippen LogP contribution is -1.88. The zero-order chi connectivity index (χ0) is 12.5. The minimum absolute atomic E-state index is 0.818. The molecule has 1 heteroatoms. The van der Waals surface area contributed by atoms with Crippen LogP contribution < -0.4 is 5.73 Å². The second kappa shape index (κ2) is 4.19. The molecule has 0 radical (unpaired) electrons. The molecule has 3 aromatic carbocycles. The number of fused-ring (bicyclic) bond motifs is 1. The molecule has 0 amide bonds.